The van der Waals surface area contributed by atoms with E-state index >= 15 is 0 Å². The molecule has 1 N–H and O–H groups in total. The summed E-state index contributed by atoms with van der Waals surface area (Å²) in [6.45, 7) is 3.12. The molecule has 41 heavy (non-hydrogen) atoms. The molecule has 0 bridgehead atoms. The molecule has 3 amide bonds. The van der Waals surface area contributed by atoms with Crippen molar-refractivity contribution in [2.24, 2.45) is 0 Å². The second-order valence-corrected chi connectivity index (χ2v) is 11.7. The van der Waals surface area contributed by atoms with Gasteiger partial charge in [-0.2, -0.15) is 0 Å². The first-order valence-electron chi connectivity index (χ1n) is 14.2. The van der Waals surface area contributed by atoms with Crippen LogP contribution in [-0.2, 0) is 17.8 Å². The van der Waals surface area contributed by atoms with Crippen LogP contribution < -0.4 is 19.5 Å². The van der Waals surface area contributed by atoms with Crippen LogP contribution in [0.5, 0.6) is 17.2 Å². The topological polar surface area (TPSA) is 80.3 Å². The second-order valence-electron chi connectivity index (χ2n) is 10.3. The standard InChI is InChI=1S/C32H41N3O5S/c1-23-10-16-28(41-23)21-34(19-18-24-11-17-29(39-3)30(20-24)40-4)31(36)22-35(26-8-6-5-7-9-26)32(37)33-25-12-14-27(38-2)15-13-25/h10-17,20,26H,5-9,18-19,21-22H2,1-4H3,(H,33,37). The quantitative estimate of drug-likeness (QED) is 0.264. The predicted octanol–water partition coefficient (Wildman–Crippen LogP) is 6.52. The van der Waals surface area contributed by atoms with E-state index in [1.165, 1.54) is 4.88 Å². The van der Waals surface area contributed by atoms with Crippen molar-refractivity contribution in [3.63, 3.8) is 0 Å². The first-order chi connectivity index (χ1) is 19.9. The van der Waals surface area contributed by atoms with E-state index in [0.29, 0.717) is 36.7 Å². The van der Waals surface area contributed by atoms with E-state index in [9.17, 15) is 9.59 Å². The highest BCUT2D eigenvalue weighted by molar-refractivity contribution is 7.11. The molecule has 1 aromatic heterocycles. The van der Waals surface area contributed by atoms with Crippen molar-refractivity contribution in [2.75, 3.05) is 39.7 Å². The van der Waals surface area contributed by atoms with E-state index in [0.717, 1.165) is 48.3 Å². The minimum Gasteiger partial charge on any atom is -0.497 e. The zero-order valence-electron chi connectivity index (χ0n) is 24.5. The molecule has 8 nitrogen and oxygen atoms in total. The highest BCUT2D eigenvalue weighted by atomic mass is 32.1. The van der Waals surface area contributed by atoms with E-state index in [1.54, 1.807) is 37.6 Å². The third-order valence-electron chi connectivity index (χ3n) is 7.54. The lowest BCUT2D eigenvalue weighted by atomic mass is 9.94. The number of urea groups is 1. The number of methoxy groups -OCH3 is 3. The monoisotopic (exact) mass is 579 g/mol. The number of amides is 3. The normalized spacial score (nSPS) is 13.4. The third-order valence-corrected chi connectivity index (χ3v) is 8.52. The first-order valence-corrected chi connectivity index (χ1v) is 15.0. The van der Waals surface area contributed by atoms with Gasteiger partial charge in [0.2, 0.25) is 5.91 Å². The lowest BCUT2D eigenvalue weighted by molar-refractivity contribution is -0.132. The van der Waals surface area contributed by atoms with Gasteiger partial charge < -0.3 is 29.3 Å². The van der Waals surface area contributed by atoms with Crippen molar-refractivity contribution in [3.05, 3.63) is 69.9 Å². The highest BCUT2D eigenvalue weighted by Gasteiger charge is 2.29. The van der Waals surface area contributed by atoms with Crippen molar-refractivity contribution in [2.45, 2.75) is 58.0 Å². The van der Waals surface area contributed by atoms with Crippen LogP contribution in [-0.4, -0.2) is 62.2 Å². The molecule has 1 aliphatic carbocycles. The maximum atomic E-state index is 13.9. The number of carbonyl (C=O) groups excluding carboxylic acids is 2. The molecule has 0 aliphatic heterocycles. The molecule has 0 unspecified atom stereocenters. The van der Waals surface area contributed by atoms with Crippen molar-refractivity contribution in [1.29, 1.82) is 0 Å². The fourth-order valence-corrected chi connectivity index (χ4v) is 6.13. The van der Waals surface area contributed by atoms with Gasteiger partial charge in [0.15, 0.2) is 11.5 Å². The smallest absolute Gasteiger partial charge is 0.322 e. The summed E-state index contributed by atoms with van der Waals surface area (Å²) in [6, 6.07) is 17.0. The molecule has 1 saturated carbocycles. The molecule has 4 rings (SSSR count). The number of rotatable bonds is 12. The van der Waals surface area contributed by atoms with Crippen LogP contribution >= 0.6 is 11.3 Å². The fourth-order valence-electron chi connectivity index (χ4n) is 5.23. The van der Waals surface area contributed by atoms with Crippen molar-refractivity contribution in [1.82, 2.24) is 9.80 Å². The summed E-state index contributed by atoms with van der Waals surface area (Å²) in [5, 5.41) is 3.01. The largest absolute Gasteiger partial charge is 0.497 e. The Morgan fingerprint density at radius 3 is 2.27 bits per heavy atom. The summed E-state index contributed by atoms with van der Waals surface area (Å²) in [4.78, 5) is 33.5. The van der Waals surface area contributed by atoms with Gasteiger partial charge in [0.25, 0.3) is 0 Å². The van der Waals surface area contributed by atoms with Crippen LogP contribution in [0.4, 0.5) is 10.5 Å². The van der Waals surface area contributed by atoms with Gasteiger partial charge in [-0.3, -0.25) is 4.79 Å². The van der Waals surface area contributed by atoms with E-state index in [-0.39, 0.29) is 24.5 Å². The van der Waals surface area contributed by atoms with Gasteiger partial charge in [-0.25, -0.2) is 4.79 Å². The predicted molar refractivity (Wildman–Crippen MR) is 163 cm³/mol. The van der Waals surface area contributed by atoms with E-state index in [1.807, 2.05) is 47.4 Å². The number of nitrogens with one attached hydrogen (secondary N) is 1. The van der Waals surface area contributed by atoms with Crippen LogP contribution in [0.1, 0.15) is 47.4 Å². The molecule has 3 aromatic rings. The second kappa shape index (κ2) is 14.8. The third kappa shape index (κ3) is 8.39. The number of carbonyl (C=O) groups is 2. The van der Waals surface area contributed by atoms with Gasteiger partial charge in [0, 0.05) is 28.0 Å². The molecule has 9 heteroatoms. The average Bonchev–Trinajstić information content (AvgIpc) is 3.42. The Hall–Kier alpha value is -3.72. The maximum Gasteiger partial charge on any atom is 0.322 e. The summed E-state index contributed by atoms with van der Waals surface area (Å²) < 4.78 is 16.1. The van der Waals surface area contributed by atoms with Crippen LogP contribution in [0.25, 0.3) is 0 Å². The first kappa shape index (κ1) is 30.2. The summed E-state index contributed by atoms with van der Waals surface area (Å²) in [6.07, 6.45) is 5.73. The Bertz CT molecular complexity index is 1290. The lowest BCUT2D eigenvalue weighted by Gasteiger charge is -2.35. The molecule has 0 atom stereocenters. The minimum absolute atomic E-state index is 0.0302. The fraction of sp³-hybridized carbons (Fsp3) is 0.438. The lowest BCUT2D eigenvalue weighted by Crippen LogP contribution is -2.49. The molecule has 2 aromatic carbocycles. The molecule has 0 saturated heterocycles. The molecule has 1 heterocycles. The molecular weight excluding hydrogens is 538 g/mol. The summed E-state index contributed by atoms with van der Waals surface area (Å²) in [5.74, 6) is 1.99. The van der Waals surface area contributed by atoms with E-state index in [4.69, 9.17) is 14.2 Å². The molecule has 0 radical (unpaired) electrons. The SMILES string of the molecule is COc1ccc(NC(=O)N(CC(=O)N(CCc2ccc(OC)c(OC)c2)Cc2ccc(C)s2)C2CCCCC2)cc1. The van der Waals surface area contributed by atoms with Gasteiger partial charge in [-0.1, -0.05) is 25.3 Å². The Morgan fingerprint density at radius 1 is 0.902 bits per heavy atom. The number of hydrogen-bond donors (Lipinski definition) is 1. The number of aryl methyl sites for hydroxylation is 1. The number of benzene rings is 2. The maximum absolute atomic E-state index is 13.9. The number of hydrogen-bond acceptors (Lipinski definition) is 6. The number of ether oxygens (including phenoxy) is 3. The zero-order valence-corrected chi connectivity index (χ0v) is 25.3. The van der Waals surface area contributed by atoms with Crippen molar-refractivity contribution < 1.29 is 23.8 Å². The van der Waals surface area contributed by atoms with Crippen LogP contribution in [0.3, 0.4) is 0 Å². The summed E-state index contributed by atoms with van der Waals surface area (Å²) in [5.41, 5.74) is 1.72. The molecule has 1 aliphatic rings. The van der Waals surface area contributed by atoms with Crippen LogP contribution in [0.2, 0.25) is 0 Å². The number of nitrogens with zero attached hydrogens (tertiary/aromatic N) is 2. The summed E-state index contributed by atoms with van der Waals surface area (Å²) >= 11 is 1.69. The number of thiophene rings is 1. The average molecular weight is 580 g/mol. The van der Waals surface area contributed by atoms with Crippen molar-refractivity contribution in [3.8, 4) is 17.2 Å². The van der Waals surface area contributed by atoms with Gasteiger partial charge >= 0.3 is 6.03 Å². The number of anilines is 1. The molecule has 1 fully saturated rings. The Morgan fingerprint density at radius 2 is 1.63 bits per heavy atom. The molecule has 0 spiro atoms. The summed E-state index contributed by atoms with van der Waals surface area (Å²) in [7, 11) is 4.84. The van der Waals surface area contributed by atoms with Gasteiger partial charge in [0.1, 0.15) is 12.3 Å². The molecular formula is C32H41N3O5S. The Labute approximate surface area is 247 Å². The Balaban J connectivity index is 1.52. The zero-order chi connectivity index (χ0) is 29.2. The minimum atomic E-state index is -0.248. The highest BCUT2D eigenvalue weighted by Crippen LogP contribution is 2.28. The van der Waals surface area contributed by atoms with Gasteiger partial charge in [-0.05, 0) is 80.3 Å². The Kier molecular flexibility index (Phi) is 10.9. The van der Waals surface area contributed by atoms with E-state index < -0.39 is 0 Å². The van der Waals surface area contributed by atoms with Crippen LogP contribution in [0, 0.1) is 6.92 Å². The van der Waals surface area contributed by atoms with Crippen molar-refractivity contribution >= 4 is 29.0 Å². The van der Waals surface area contributed by atoms with Gasteiger partial charge in [0.05, 0.1) is 27.9 Å². The van der Waals surface area contributed by atoms with E-state index in [2.05, 4.69) is 24.4 Å². The molecule has 220 valence electrons. The van der Waals surface area contributed by atoms with Gasteiger partial charge in [-0.15, -0.1) is 11.3 Å². The van der Waals surface area contributed by atoms with Crippen LogP contribution in [0.15, 0.2) is 54.6 Å².